The first-order chi connectivity index (χ1) is 11.0. The summed E-state index contributed by atoms with van der Waals surface area (Å²) in [5, 5.41) is 4.10. The summed E-state index contributed by atoms with van der Waals surface area (Å²) in [7, 11) is 0. The molecule has 0 spiro atoms. The predicted octanol–water partition coefficient (Wildman–Crippen LogP) is 3.99. The molecule has 23 heavy (non-hydrogen) atoms. The van der Waals surface area contributed by atoms with Gasteiger partial charge in [0.25, 0.3) is 5.91 Å². The van der Waals surface area contributed by atoms with E-state index in [-0.39, 0.29) is 12.5 Å². The molecule has 4 nitrogen and oxygen atoms in total. The Morgan fingerprint density at radius 3 is 2.52 bits per heavy atom. The third-order valence-electron chi connectivity index (χ3n) is 3.31. The van der Waals surface area contributed by atoms with Gasteiger partial charge < -0.3 is 4.74 Å². The number of carbonyl (C=O) groups is 1. The lowest BCUT2D eigenvalue weighted by Crippen LogP contribution is -2.25. The number of halogens is 1. The lowest BCUT2D eigenvalue weighted by Gasteiger charge is -2.08. The summed E-state index contributed by atoms with van der Waals surface area (Å²) >= 11 is 3.39. The lowest BCUT2D eigenvalue weighted by molar-refractivity contribution is -0.123. The van der Waals surface area contributed by atoms with Crippen molar-refractivity contribution in [1.29, 1.82) is 0 Å². The molecule has 0 heterocycles. The van der Waals surface area contributed by atoms with E-state index in [4.69, 9.17) is 4.74 Å². The van der Waals surface area contributed by atoms with E-state index in [1.54, 1.807) is 0 Å². The van der Waals surface area contributed by atoms with Gasteiger partial charge in [-0.15, -0.1) is 0 Å². The van der Waals surface area contributed by atoms with Crippen LogP contribution in [0.3, 0.4) is 0 Å². The number of nitrogens with zero attached hydrogens (tertiary/aromatic N) is 1. The van der Waals surface area contributed by atoms with Crippen molar-refractivity contribution in [2.45, 2.75) is 20.8 Å². The topological polar surface area (TPSA) is 50.7 Å². The highest BCUT2D eigenvalue weighted by Gasteiger charge is 2.05. The molecule has 0 radical (unpaired) electrons. The number of nitrogens with one attached hydrogen (secondary N) is 1. The fraction of sp³-hybridized carbons (Fsp3) is 0.222. The third kappa shape index (κ3) is 5.21. The van der Waals surface area contributed by atoms with Gasteiger partial charge in [0.2, 0.25) is 0 Å². The smallest absolute Gasteiger partial charge is 0.277 e. The van der Waals surface area contributed by atoms with Crippen LogP contribution in [0.2, 0.25) is 0 Å². The number of rotatable bonds is 5. The number of benzene rings is 2. The van der Waals surface area contributed by atoms with E-state index in [2.05, 4.69) is 26.5 Å². The van der Waals surface area contributed by atoms with E-state index in [1.807, 2.05) is 63.2 Å². The van der Waals surface area contributed by atoms with Crippen LogP contribution in [-0.2, 0) is 4.79 Å². The van der Waals surface area contributed by atoms with Crippen LogP contribution in [0.4, 0.5) is 0 Å². The molecule has 2 rings (SSSR count). The molecule has 0 unspecified atom stereocenters. The van der Waals surface area contributed by atoms with E-state index in [1.165, 1.54) is 5.56 Å². The van der Waals surface area contributed by atoms with Crippen molar-refractivity contribution >= 4 is 27.5 Å². The van der Waals surface area contributed by atoms with Gasteiger partial charge in [0.1, 0.15) is 5.75 Å². The Morgan fingerprint density at radius 1 is 1.17 bits per heavy atom. The van der Waals surface area contributed by atoms with E-state index >= 15 is 0 Å². The van der Waals surface area contributed by atoms with Crippen LogP contribution in [-0.4, -0.2) is 18.2 Å². The Balaban J connectivity index is 1.89. The van der Waals surface area contributed by atoms with Gasteiger partial charge in [0.15, 0.2) is 6.61 Å². The zero-order chi connectivity index (χ0) is 16.8. The second-order valence-corrected chi connectivity index (χ2v) is 6.21. The molecule has 120 valence electrons. The summed E-state index contributed by atoms with van der Waals surface area (Å²) in [6.45, 7) is 5.73. The first-order valence-electron chi connectivity index (χ1n) is 7.25. The summed E-state index contributed by atoms with van der Waals surface area (Å²) in [5.41, 5.74) is 6.38. The minimum Gasteiger partial charge on any atom is -0.483 e. The number of hydrazone groups is 1. The minimum atomic E-state index is -0.293. The van der Waals surface area contributed by atoms with Gasteiger partial charge in [-0.3, -0.25) is 4.79 Å². The van der Waals surface area contributed by atoms with Gasteiger partial charge >= 0.3 is 0 Å². The Hall–Kier alpha value is -2.14. The van der Waals surface area contributed by atoms with Crippen LogP contribution in [0.25, 0.3) is 0 Å². The summed E-state index contributed by atoms with van der Waals surface area (Å²) in [6.07, 6.45) is 0. The molecular weight excluding hydrogens is 356 g/mol. The minimum absolute atomic E-state index is 0.0762. The van der Waals surface area contributed by atoms with Gasteiger partial charge in [-0.2, -0.15) is 5.10 Å². The molecule has 2 aromatic carbocycles. The zero-order valence-corrected chi connectivity index (χ0v) is 15.0. The maximum absolute atomic E-state index is 11.8. The van der Waals surface area contributed by atoms with Gasteiger partial charge in [-0.1, -0.05) is 45.8 Å². The average molecular weight is 375 g/mol. The molecule has 2 aromatic rings. The zero-order valence-electron chi connectivity index (χ0n) is 13.4. The Kier molecular flexibility index (Phi) is 5.93. The van der Waals surface area contributed by atoms with Crippen molar-refractivity contribution in [2.75, 3.05) is 6.61 Å². The fourth-order valence-corrected chi connectivity index (χ4v) is 2.43. The summed E-state index contributed by atoms with van der Waals surface area (Å²) in [5.74, 6) is 0.390. The van der Waals surface area contributed by atoms with Gasteiger partial charge in [0.05, 0.1) is 5.71 Å². The lowest BCUT2D eigenvalue weighted by atomic mass is 10.1. The number of hydrogen-bond donors (Lipinski definition) is 1. The number of amides is 1. The third-order valence-corrected chi connectivity index (χ3v) is 3.81. The molecule has 1 amide bonds. The Morgan fingerprint density at radius 2 is 1.87 bits per heavy atom. The molecule has 0 fully saturated rings. The molecule has 5 heteroatoms. The van der Waals surface area contributed by atoms with Crippen molar-refractivity contribution in [1.82, 2.24) is 5.43 Å². The highest BCUT2D eigenvalue weighted by molar-refractivity contribution is 9.10. The number of carbonyl (C=O) groups excluding carboxylic acids is 1. The first kappa shape index (κ1) is 17.2. The first-order valence-corrected chi connectivity index (χ1v) is 8.04. The van der Waals surface area contributed by atoms with Crippen LogP contribution < -0.4 is 10.2 Å². The molecule has 0 aliphatic heterocycles. The second-order valence-electron chi connectivity index (χ2n) is 5.30. The van der Waals surface area contributed by atoms with Gasteiger partial charge in [0, 0.05) is 4.47 Å². The Bertz CT molecular complexity index is 724. The van der Waals surface area contributed by atoms with Crippen LogP contribution in [0.15, 0.2) is 52.0 Å². The normalized spacial score (nSPS) is 11.2. The molecule has 0 aliphatic carbocycles. The van der Waals surface area contributed by atoms with Crippen molar-refractivity contribution < 1.29 is 9.53 Å². The predicted molar refractivity (Wildman–Crippen MR) is 95.9 cm³/mol. The van der Waals surface area contributed by atoms with E-state index in [9.17, 15) is 4.79 Å². The highest BCUT2D eigenvalue weighted by Crippen LogP contribution is 2.21. The maximum atomic E-state index is 11.8. The molecule has 0 bridgehead atoms. The van der Waals surface area contributed by atoms with Gasteiger partial charge in [-0.25, -0.2) is 5.43 Å². The van der Waals surface area contributed by atoms with Crippen molar-refractivity contribution in [3.8, 4) is 5.75 Å². The van der Waals surface area contributed by atoms with Gasteiger partial charge in [-0.05, 0) is 50.1 Å². The van der Waals surface area contributed by atoms with Crippen LogP contribution in [0.1, 0.15) is 23.6 Å². The standard InChI is InChI=1S/C18H19BrN2O2/c1-12-4-6-15(7-5-12)14(3)20-21-18(22)11-23-17-9-8-16(19)10-13(17)2/h4-10H,11H2,1-3H3,(H,21,22). The monoisotopic (exact) mass is 374 g/mol. The maximum Gasteiger partial charge on any atom is 0.277 e. The average Bonchev–Trinajstić information content (AvgIpc) is 2.52. The summed E-state index contributed by atoms with van der Waals surface area (Å²) < 4.78 is 6.48. The number of aryl methyl sites for hydroxylation is 2. The largest absolute Gasteiger partial charge is 0.483 e. The molecule has 0 atom stereocenters. The molecule has 0 saturated carbocycles. The summed E-state index contributed by atoms with van der Waals surface area (Å²) in [6, 6.07) is 13.6. The van der Waals surface area contributed by atoms with Crippen LogP contribution in [0.5, 0.6) is 5.75 Å². The SMILES string of the molecule is CC(=NNC(=O)COc1ccc(Br)cc1C)c1ccc(C)cc1. The van der Waals surface area contributed by atoms with Crippen LogP contribution in [0, 0.1) is 13.8 Å². The van der Waals surface area contributed by atoms with E-state index < -0.39 is 0 Å². The molecule has 0 aromatic heterocycles. The number of hydrogen-bond acceptors (Lipinski definition) is 3. The van der Waals surface area contributed by atoms with E-state index in [0.29, 0.717) is 5.75 Å². The summed E-state index contributed by atoms with van der Waals surface area (Å²) in [4.78, 5) is 11.8. The fourth-order valence-electron chi connectivity index (χ4n) is 1.96. The molecule has 1 N–H and O–H groups in total. The Labute approximate surface area is 144 Å². The quantitative estimate of drug-likeness (QED) is 0.635. The molecule has 0 saturated heterocycles. The highest BCUT2D eigenvalue weighted by atomic mass is 79.9. The van der Waals surface area contributed by atoms with E-state index in [0.717, 1.165) is 21.3 Å². The van der Waals surface area contributed by atoms with Crippen LogP contribution >= 0.6 is 15.9 Å². The van der Waals surface area contributed by atoms with Crippen molar-refractivity contribution in [3.05, 3.63) is 63.6 Å². The van der Waals surface area contributed by atoms with Crippen molar-refractivity contribution in [3.63, 3.8) is 0 Å². The number of ether oxygens (including phenoxy) is 1. The van der Waals surface area contributed by atoms with Crippen molar-refractivity contribution in [2.24, 2.45) is 5.10 Å². The molecule has 0 aliphatic rings. The molecular formula is C18H19BrN2O2. The second kappa shape index (κ2) is 7.92.